The van der Waals surface area contributed by atoms with Gasteiger partial charge in [0.15, 0.2) is 11.7 Å². The molecule has 142 valence electrons. The van der Waals surface area contributed by atoms with E-state index in [1.165, 1.54) is 30.6 Å². The van der Waals surface area contributed by atoms with E-state index in [1.807, 2.05) is 23.6 Å². The highest BCUT2D eigenvalue weighted by Crippen LogP contribution is 2.49. The molecule has 2 aliphatic carbocycles. The predicted octanol–water partition coefficient (Wildman–Crippen LogP) is 4.77. The van der Waals surface area contributed by atoms with Crippen molar-refractivity contribution in [3.05, 3.63) is 34.7 Å². The Bertz CT molecular complexity index is 853. The molecule has 2 aromatic rings. The van der Waals surface area contributed by atoms with E-state index in [1.54, 1.807) is 6.07 Å². The number of thiazole rings is 1. The van der Waals surface area contributed by atoms with Crippen LogP contribution in [0.25, 0.3) is 11.3 Å². The molecule has 1 heterocycles. The van der Waals surface area contributed by atoms with E-state index in [0.29, 0.717) is 34.1 Å². The minimum atomic E-state index is -0.378. The molecular weight excluding hydrogens is 384 g/mol. The Balaban J connectivity index is 1.25. The first-order chi connectivity index (χ1) is 13.1. The molecule has 1 aromatic carbocycles. The van der Waals surface area contributed by atoms with Gasteiger partial charge < -0.3 is 4.74 Å². The summed E-state index contributed by atoms with van der Waals surface area (Å²) in [5.41, 5.74) is 1.52. The van der Waals surface area contributed by atoms with Crippen molar-refractivity contribution in [2.75, 3.05) is 11.9 Å². The molecule has 27 heavy (non-hydrogen) atoms. The topological polar surface area (TPSA) is 68.3 Å². The standard InChI is InChI=1S/C20H21ClN2O3S/c21-16-4-2-1-3-15(16)17-11-27-20(22-17)23-18(24)10-26-19(25)9-14-8-12-5-6-13(14)7-12/h1-4,11-14H,5-10H2,(H,22,23,24). The molecule has 1 amide bonds. The second-order valence-corrected chi connectivity index (χ2v) is 8.63. The van der Waals surface area contributed by atoms with Crippen LogP contribution in [-0.4, -0.2) is 23.5 Å². The number of amides is 1. The Hall–Kier alpha value is -1.92. The maximum Gasteiger partial charge on any atom is 0.306 e. The summed E-state index contributed by atoms with van der Waals surface area (Å²) in [6.07, 6.45) is 5.37. The Morgan fingerprint density at radius 2 is 2.11 bits per heavy atom. The zero-order chi connectivity index (χ0) is 18.8. The van der Waals surface area contributed by atoms with Crippen molar-refractivity contribution in [3.8, 4) is 11.3 Å². The van der Waals surface area contributed by atoms with Crippen molar-refractivity contribution in [3.63, 3.8) is 0 Å². The van der Waals surface area contributed by atoms with Gasteiger partial charge in [-0.3, -0.25) is 14.9 Å². The summed E-state index contributed by atoms with van der Waals surface area (Å²) in [4.78, 5) is 28.5. The molecule has 5 nitrogen and oxygen atoms in total. The van der Waals surface area contributed by atoms with Crippen molar-refractivity contribution in [1.29, 1.82) is 0 Å². The van der Waals surface area contributed by atoms with Gasteiger partial charge in [0.05, 0.1) is 5.69 Å². The number of halogens is 1. The van der Waals surface area contributed by atoms with Crippen LogP contribution in [0, 0.1) is 17.8 Å². The van der Waals surface area contributed by atoms with Crippen molar-refractivity contribution >= 4 is 39.9 Å². The first-order valence-corrected chi connectivity index (χ1v) is 10.5. The summed E-state index contributed by atoms with van der Waals surface area (Å²) in [5.74, 6) is 1.26. The minimum absolute atomic E-state index is 0.277. The highest BCUT2D eigenvalue weighted by Gasteiger charge is 2.40. The Labute approximate surface area is 167 Å². The fourth-order valence-corrected chi connectivity index (χ4v) is 5.28. The number of nitrogens with one attached hydrogen (secondary N) is 1. The van der Waals surface area contributed by atoms with Crippen LogP contribution in [0.15, 0.2) is 29.6 Å². The van der Waals surface area contributed by atoms with E-state index in [4.69, 9.17) is 16.3 Å². The monoisotopic (exact) mass is 404 g/mol. The number of rotatable bonds is 6. The fraction of sp³-hybridized carbons (Fsp3) is 0.450. The number of hydrogen-bond donors (Lipinski definition) is 1. The number of carbonyl (C=O) groups excluding carboxylic acids is 2. The number of ether oxygens (including phenoxy) is 1. The fourth-order valence-electron chi connectivity index (χ4n) is 4.32. The summed E-state index contributed by atoms with van der Waals surface area (Å²) in [7, 11) is 0. The molecule has 2 aliphatic rings. The quantitative estimate of drug-likeness (QED) is 0.704. The van der Waals surface area contributed by atoms with Gasteiger partial charge in [0.25, 0.3) is 5.91 Å². The van der Waals surface area contributed by atoms with E-state index >= 15 is 0 Å². The smallest absolute Gasteiger partial charge is 0.306 e. The van der Waals surface area contributed by atoms with E-state index in [-0.39, 0.29) is 18.5 Å². The average molecular weight is 405 g/mol. The third-order valence-corrected chi connectivity index (χ3v) is 6.67. The van der Waals surface area contributed by atoms with Gasteiger partial charge in [0.2, 0.25) is 0 Å². The molecule has 2 bridgehead atoms. The van der Waals surface area contributed by atoms with E-state index < -0.39 is 0 Å². The second kappa shape index (κ2) is 7.98. The molecule has 0 saturated heterocycles. The lowest BCUT2D eigenvalue weighted by molar-refractivity contribution is -0.148. The maximum absolute atomic E-state index is 12.0. The van der Waals surface area contributed by atoms with Gasteiger partial charge in [-0.25, -0.2) is 4.98 Å². The Kier molecular flexibility index (Phi) is 5.45. The number of nitrogens with zero attached hydrogens (tertiary/aromatic N) is 1. The molecule has 3 unspecified atom stereocenters. The highest BCUT2D eigenvalue weighted by molar-refractivity contribution is 7.14. The molecule has 3 atom stereocenters. The van der Waals surface area contributed by atoms with Gasteiger partial charge in [0.1, 0.15) is 0 Å². The molecule has 2 saturated carbocycles. The number of fused-ring (bicyclic) bond motifs is 2. The van der Waals surface area contributed by atoms with Crippen LogP contribution in [0.1, 0.15) is 32.1 Å². The van der Waals surface area contributed by atoms with Gasteiger partial charge >= 0.3 is 5.97 Å². The van der Waals surface area contributed by atoms with Crippen molar-refractivity contribution in [2.45, 2.75) is 32.1 Å². The van der Waals surface area contributed by atoms with E-state index in [0.717, 1.165) is 17.9 Å². The number of esters is 1. The summed E-state index contributed by atoms with van der Waals surface area (Å²) in [5, 5.41) is 5.57. The summed E-state index contributed by atoms with van der Waals surface area (Å²) in [6, 6.07) is 7.41. The number of aromatic nitrogens is 1. The molecule has 4 rings (SSSR count). The number of carbonyl (C=O) groups is 2. The number of anilines is 1. The summed E-state index contributed by atoms with van der Waals surface area (Å²) < 4.78 is 5.16. The second-order valence-electron chi connectivity index (χ2n) is 7.37. The lowest BCUT2D eigenvalue weighted by atomic mass is 9.86. The van der Waals surface area contributed by atoms with Crippen LogP contribution in [0.4, 0.5) is 5.13 Å². The molecular formula is C20H21ClN2O3S. The van der Waals surface area contributed by atoms with Crippen LogP contribution in [0.3, 0.4) is 0 Å². The SMILES string of the molecule is O=C(COC(=O)CC1CC2CCC1C2)Nc1nc(-c2ccccc2Cl)cs1. The van der Waals surface area contributed by atoms with Crippen LogP contribution < -0.4 is 5.32 Å². The molecule has 1 aromatic heterocycles. The van der Waals surface area contributed by atoms with Gasteiger partial charge in [-0.2, -0.15) is 0 Å². The first-order valence-electron chi connectivity index (χ1n) is 9.24. The summed E-state index contributed by atoms with van der Waals surface area (Å²) in [6.45, 7) is -0.277. The van der Waals surface area contributed by atoms with Crippen molar-refractivity contribution in [2.24, 2.45) is 17.8 Å². The van der Waals surface area contributed by atoms with Crippen molar-refractivity contribution < 1.29 is 14.3 Å². The van der Waals surface area contributed by atoms with Crippen LogP contribution in [-0.2, 0) is 14.3 Å². The van der Waals surface area contributed by atoms with E-state index in [2.05, 4.69) is 10.3 Å². The first kappa shape index (κ1) is 18.4. The number of hydrogen-bond acceptors (Lipinski definition) is 5. The maximum atomic E-state index is 12.0. The van der Waals surface area contributed by atoms with Crippen molar-refractivity contribution in [1.82, 2.24) is 4.98 Å². The number of benzene rings is 1. The minimum Gasteiger partial charge on any atom is -0.456 e. The average Bonchev–Trinajstić information content (AvgIpc) is 3.37. The third kappa shape index (κ3) is 4.33. The molecule has 0 radical (unpaired) electrons. The van der Waals surface area contributed by atoms with E-state index in [9.17, 15) is 9.59 Å². The summed E-state index contributed by atoms with van der Waals surface area (Å²) >= 11 is 7.48. The van der Waals surface area contributed by atoms with Gasteiger partial charge in [-0.1, -0.05) is 36.2 Å². The predicted molar refractivity (Wildman–Crippen MR) is 106 cm³/mol. The lowest BCUT2D eigenvalue weighted by Crippen LogP contribution is -2.23. The van der Waals surface area contributed by atoms with Crippen LogP contribution in [0.5, 0.6) is 0 Å². The zero-order valence-corrected chi connectivity index (χ0v) is 16.4. The highest BCUT2D eigenvalue weighted by atomic mass is 35.5. The molecule has 7 heteroatoms. The van der Waals surface area contributed by atoms with Gasteiger partial charge in [-0.15, -0.1) is 11.3 Å². The normalized spacial score (nSPS) is 23.4. The Morgan fingerprint density at radius 3 is 2.85 bits per heavy atom. The molecule has 0 aliphatic heterocycles. The largest absolute Gasteiger partial charge is 0.456 e. The van der Waals surface area contributed by atoms with Gasteiger partial charge in [-0.05, 0) is 43.1 Å². The lowest BCUT2D eigenvalue weighted by Gasteiger charge is -2.20. The molecule has 2 fully saturated rings. The van der Waals surface area contributed by atoms with Crippen LogP contribution in [0.2, 0.25) is 5.02 Å². The Morgan fingerprint density at radius 1 is 1.26 bits per heavy atom. The molecule has 0 spiro atoms. The molecule has 1 N–H and O–H groups in total. The van der Waals surface area contributed by atoms with Gasteiger partial charge in [0, 0.05) is 22.4 Å². The zero-order valence-electron chi connectivity index (χ0n) is 14.8. The van der Waals surface area contributed by atoms with Crippen LogP contribution >= 0.6 is 22.9 Å². The third-order valence-electron chi connectivity index (χ3n) is 5.58.